The molecule has 49 heavy (non-hydrogen) atoms. The first kappa shape index (κ1) is 36.5. The molecule has 0 aliphatic carbocycles. The number of nitrogens with zero attached hydrogens (tertiary/aromatic N) is 7. The van der Waals surface area contributed by atoms with Crippen LogP contribution in [0.25, 0.3) is 11.0 Å². The van der Waals surface area contributed by atoms with Gasteiger partial charge >= 0.3 is 18.4 Å². The molecule has 1 aromatic carbocycles. The van der Waals surface area contributed by atoms with E-state index in [-0.39, 0.29) is 56.5 Å². The monoisotopic (exact) mass is 716 g/mol. The van der Waals surface area contributed by atoms with Crippen molar-refractivity contribution < 1.29 is 41.0 Å². The second-order valence-corrected chi connectivity index (χ2v) is 19.1. The molecule has 2 aliphatic heterocycles. The lowest BCUT2D eigenvalue weighted by Crippen LogP contribution is -2.49. The maximum atomic E-state index is 14.5. The van der Waals surface area contributed by atoms with Crippen molar-refractivity contribution in [2.75, 3.05) is 87.2 Å². The molecule has 0 radical (unpaired) electrons. The molecule has 0 spiro atoms. The number of carbonyl (C=O) groups is 1. The van der Waals surface area contributed by atoms with Crippen molar-refractivity contribution in [1.82, 2.24) is 24.3 Å². The van der Waals surface area contributed by atoms with Gasteiger partial charge in [0.25, 0.3) is 0 Å². The average molecular weight is 717 g/mol. The Morgan fingerprint density at radius 2 is 1.59 bits per heavy atom. The molecule has 11 nitrogen and oxygen atoms in total. The molecular weight excluding hydrogens is 674 g/mol. The maximum Gasteiger partial charge on any atom is 0.419 e. The minimum absolute atomic E-state index is 0.0403. The number of amides is 1. The Kier molecular flexibility index (Phi) is 10.9. The van der Waals surface area contributed by atoms with E-state index in [4.69, 9.17) is 14.8 Å². The van der Waals surface area contributed by atoms with Gasteiger partial charge in [0, 0.05) is 92.0 Å². The van der Waals surface area contributed by atoms with E-state index in [0.717, 1.165) is 18.2 Å². The van der Waals surface area contributed by atoms with Gasteiger partial charge in [-0.3, -0.25) is 9.47 Å². The van der Waals surface area contributed by atoms with E-state index in [0.29, 0.717) is 50.8 Å². The number of imidazole rings is 1. The quantitative estimate of drug-likeness (QED) is 0.145. The van der Waals surface area contributed by atoms with E-state index in [9.17, 15) is 31.1 Å². The van der Waals surface area contributed by atoms with Gasteiger partial charge in [-0.15, -0.1) is 0 Å². The minimum atomic E-state index is -4.68. The van der Waals surface area contributed by atoms with Crippen LogP contribution in [0.15, 0.2) is 30.5 Å². The summed E-state index contributed by atoms with van der Waals surface area (Å²) in [7, 11) is -1.45. The second kappa shape index (κ2) is 14.6. The fourth-order valence-corrected chi connectivity index (χ4v) is 6.70. The fraction of sp³-hybridized carbons (Fsp3) is 0.581. The van der Waals surface area contributed by atoms with Crippen molar-refractivity contribution in [3.05, 3.63) is 41.6 Å². The SMILES string of the molecule is C[Si](C)(C)CCOCn1c(N2CCN(c3ncccc3C(F)(F)F)CC2)nc2cc(NCCN3CCN(C(=O)O)CC3)c(C(F)(F)F)cc21. The van der Waals surface area contributed by atoms with Crippen LogP contribution < -0.4 is 15.1 Å². The molecule has 0 unspecified atom stereocenters. The van der Waals surface area contributed by atoms with Crippen molar-refractivity contribution >= 4 is 42.7 Å². The predicted octanol–water partition coefficient (Wildman–Crippen LogP) is 5.82. The molecule has 2 saturated heterocycles. The number of alkyl halides is 6. The number of aromatic nitrogens is 3. The molecule has 3 aromatic rings. The third-order valence-corrected chi connectivity index (χ3v) is 10.4. The van der Waals surface area contributed by atoms with Crippen LogP contribution >= 0.6 is 0 Å². The molecule has 0 bridgehead atoms. The number of piperazine rings is 2. The molecule has 4 heterocycles. The Labute approximate surface area is 281 Å². The van der Waals surface area contributed by atoms with Crippen LogP contribution in [-0.2, 0) is 23.8 Å². The van der Waals surface area contributed by atoms with E-state index in [2.05, 4.69) is 29.9 Å². The van der Waals surface area contributed by atoms with Crippen molar-refractivity contribution in [1.29, 1.82) is 0 Å². The molecule has 1 amide bonds. The zero-order valence-corrected chi connectivity index (χ0v) is 28.7. The number of hydrogen-bond donors (Lipinski definition) is 2. The molecule has 5 rings (SSSR count). The van der Waals surface area contributed by atoms with Gasteiger partial charge in [0.05, 0.1) is 22.2 Å². The minimum Gasteiger partial charge on any atom is -0.465 e. The number of carboxylic acid groups (broad SMARTS) is 1. The molecule has 18 heteroatoms. The van der Waals surface area contributed by atoms with E-state index in [1.165, 1.54) is 23.2 Å². The lowest BCUT2D eigenvalue weighted by molar-refractivity contribution is -0.138. The number of nitrogens with one attached hydrogen (secondary N) is 1. The molecule has 2 fully saturated rings. The topological polar surface area (TPSA) is 102 Å². The maximum absolute atomic E-state index is 14.5. The number of ether oxygens (including phenoxy) is 1. The number of benzene rings is 1. The van der Waals surface area contributed by atoms with Gasteiger partial charge in [-0.25, -0.2) is 14.8 Å². The molecule has 2 N–H and O–H groups in total. The van der Waals surface area contributed by atoms with Crippen molar-refractivity contribution in [2.24, 2.45) is 0 Å². The number of anilines is 3. The Hall–Kier alpha value is -3.77. The molecule has 0 atom stereocenters. The summed E-state index contributed by atoms with van der Waals surface area (Å²) in [6.45, 7) is 10.1. The summed E-state index contributed by atoms with van der Waals surface area (Å²) >= 11 is 0. The molecule has 270 valence electrons. The molecule has 2 aliphatic rings. The van der Waals surface area contributed by atoms with Crippen molar-refractivity contribution in [2.45, 2.75) is 44.8 Å². The van der Waals surface area contributed by atoms with Gasteiger partial charge in [-0.1, -0.05) is 19.6 Å². The Bertz CT molecular complexity index is 1600. The summed E-state index contributed by atoms with van der Waals surface area (Å²) < 4.78 is 92.0. The van der Waals surface area contributed by atoms with E-state index < -0.39 is 37.6 Å². The highest BCUT2D eigenvalue weighted by Crippen LogP contribution is 2.39. The van der Waals surface area contributed by atoms with E-state index in [1.807, 2.05) is 9.80 Å². The van der Waals surface area contributed by atoms with E-state index in [1.54, 1.807) is 9.47 Å². The van der Waals surface area contributed by atoms with Crippen LogP contribution in [0.4, 0.5) is 48.6 Å². The van der Waals surface area contributed by atoms with Crippen molar-refractivity contribution in [3.63, 3.8) is 0 Å². The first-order valence-corrected chi connectivity index (χ1v) is 19.9. The first-order chi connectivity index (χ1) is 23.0. The Morgan fingerprint density at radius 3 is 2.20 bits per heavy atom. The predicted molar refractivity (Wildman–Crippen MR) is 177 cm³/mol. The first-order valence-electron chi connectivity index (χ1n) is 16.2. The summed E-state index contributed by atoms with van der Waals surface area (Å²) in [5.74, 6) is 0.216. The van der Waals surface area contributed by atoms with E-state index >= 15 is 0 Å². The molecule has 2 aromatic heterocycles. The van der Waals surface area contributed by atoms with Gasteiger partial charge < -0.3 is 29.9 Å². The molecule has 0 saturated carbocycles. The lowest BCUT2D eigenvalue weighted by atomic mass is 10.1. The van der Waals surface area contributed by atoms with Crippen LogP contribution in [0, 0.1) is 0 Å². The van der Waals surface area contributed by atoms with Gasteiger partial charge in [-0.2, -0.15) is 26.3 Å². The number of pyridine rings is 1. The number of hydrogen-bond acceptors (Lipinski definition) is 8. The average Bonchev–Trinajstić information content (AvgIpc) is 3.39. The third kappa shape index (κ3) is 9.07. The summed E-state index contributed by atoms with van der Waals surface area (Å²) in [5, 5.41) is 12.1. The Balaban J connectivity index is 1.39. The normalized spacial score (nSPS) is 16.9. The Morgan fingerprint density at radius 1 is 0.939 bits per heavy atom. The highest BCUT2D eigenvalue weighted by Gasteiger charge is 2.38. The van der Waals surface area contributed by atoms with Gasteiger partial charge in [0.2, 0.25) is 5.95 Å². The summed E-state index contributed by atoms with van der Waals surface area (Å²) in [5.41, 5.74) is -1.25. The third-order valence-electron chi connectivity index (χ3n) is 8.73. The standard InChI is InChI=1S/C31H42F6N8O3Si/c1-49(2,3)18-17-48-21-45-26-19-23(31(35,36)37)24(38-7-8-41-9-11-44(12-10-41)29(46)47)20-25(26)40-28(45)43-15-13-42(14-16-43)27-22(30(32,33)34)5-4-6-39-27/h4-6,19-20,38H,7-18,21H2,1-3H3,(H,46,47). The zero-order chi connectivity index (χ0) is 35.6. The van der Waals surface area contributed by atoms with Crippen LogP contribution in [0.3, 0.4) is 0 Å². The number of halogens is 6. The van der Waals surface area contributed by atoms with Gasteiger partial charge in [0.1, 0.15) is 12.5 Å². The number of rotatable bonds is 11. The summed E-state index contributed by atoms with van der Waals surface area (Å²) in [4.78, 5) is 26.6. The second-order valence-electron chi connectivity index (χ2n) is 13.5. The van der Waals surface area contributed by atoms with Gasteiger partial charge in [0.15, 0.2) is 0 Å². The van der Waals surface area contributed by atoms with Crippen LogP contribution in [0.1, 0.15) is 11.1 Å². The van der Waals surface area contributed by atoms with Crippen molar-refractivity contribution in [3.8, 4) is 0 Å². The molecular formula is C31H42F6N8O3Si. The number of fused-ring (bicyclic) bond motifs is 1. The fourth-order valence-electron chi connectivity index (χ4n) is 5.94. The highest BCUT2D eigenvalue weighted by molar-refractivity contribution is 6.76. The smallest absolute Gasteiger partial charge is 0.419 e. The van der Waals surface area contributed by atoms with Crippen LogP contribution in [0.2, 0.25) is 25.7 Å². The summed E-state index contributed by atoms with van der Waals surface area (Å²) in [6, 6.07) is 5.54. The lowest BCUT2D eigenvalue weighted by Gasteiger charge is -2.37. The van der Waals surface area contributed by atoms with Gasteiger partial charge in [-0.05, 0) is 30.3 Å². The summed E-state index contributed by atoms with van der Waals surface area (Å²) in [6.07, 6.45) is -8.93. The van der Waals surface area contributed by atoms with Crippen LogP contribution in [-0.4, -0.2) is 116 Å². The zero-order valence-electron chi connectivity index (χ0n) is 27.7. The highest BCUT2D eigenvalue weighted by atomic mass is 28.3. The largest absolute Gasteiger partial charge is 0.465 e. The van der Waals surface area contributed by atoms with Crippen LogP contribution in [0.5, 0.6) is 0 Å².